The smallest absolute Gasteiger partial charge is 0.259 e. The Morgan fingerprint density at radius 1 is 1.00 bits per heavy atom. The van der Waals surface area contributed by atoms with Crippen molar-refractivity contribution in [2.45, 2.75) is 0 Å². The summed E-state index contributed by atoms with van der Waals surface area (Å²) >= 11 is 5.95. The fraction of sp³-hybridized carbons (Fsp3) is 0. The Morgan fingerprint density at radius 2 is 1.71 bits per heavy atom. The van der Waals surface area contributed by atoms with Gasteiger partial charge in [-0.2, -0.15) is 0 Å². The van der Waals surface area contributed by atoms with Gasteiger partial charge in [0.05, 0.1) is 21.7 Å². The summed E-state index contributed by atoms with van der Waals surface area (Å²) in [6, 6.07) is 11.2. The minimum atomic E-state index is -0.469. The van der Waals surface area contributed by atoms with E-state index in [0.29, 0.717) is 21.8 Å². The molecule has 0 aliphatic carbocycles. The van der Waals surface area contributed by atoms with Gasteiger partial charge in [0.25, 0.3) is 17.7 Å². The van der Waals surface area contributed by atoms with Crippen molar-refractivity contribution in [3.63, 3.8) is 0 Å². The van der Waals surface area contributed by atoms with Crippen molar-refractivity contribution in [3.05, 3.63) is 64.2 Å². The van der Waals surface area contributed by atoms with Gasteiger partial charge in [-0.25, -0.2) is 0 Å². The third-order valence-electron chi connectivity index (χ3n) is 3.11. The molecule has 2 aromatic rings. The van der Waals surface area contributed by atoms with Crippen molar-refractivity contribution in [2.24, 2.45) is 0 Å². The van der Waals surface area contributed by atoms with Crippen LogP contribution in [0, 0.1) is 0 Å². The molecule has 0 radical (unpaired) electrons. The van der Waals surface area contributed by atoms with Gasteiger partial charge in [-0.3, -0.25) is 19.7 Å². The van der Waals surface area contributed by atoms with Gasteiger partial charge in [0.1, 0.15) is 0 Å². The van der Waals surface area contributed by atoms with Crippen LogP contribution in [0.2, 0.25) is 5.02 Å². The molecule has 0 fully saturated rings. The number of imide groups is 1. The van der Waals surface area contributed by atoms with Gasteiger partial charge < -0.3 is 5.32 Å². The van der Waals surface area contributed by atoms with Crippen LogP contribution in [0.15, 0.2) is 42.5 Å². The van der Waals surface area contributed by atoms with E-state index in [0.717, 1.165) is 0 Å². The second kappa shape index (κ2) is 5.03. The van der Waals surface area contributed by atoms with E-state index < -0.39 is 11.8 Å². The van der Waals surface area contributed by atoms with Crippen molar-refractivity contribution in [2.75, 3.05) is 5.32 Å². The van der Waals surface area contributed by atoms with Crippen molar-refractivity contribution in [1.82, 2.24) is 5.32 Å². The first-order valence-electron chi connectivity index (χ1n) is 6.12. The van der Waals surface area contributed by atoms with E-state index >= 15 is 0 Å². The molecule has 0 spiro atoms. The Kier molecular flexibility index (Phi) is 3.19. The van der Waals surface area contributed by atoms with Crippen LogP contribution >= 0.6 is 11.6 Å². The predicted octanol–water partition coefficient (Wildman–Crippen LogP) is 2.48. The summed E-state index contributed by atoms with van der Waals surface area (Å²) in [5.74, 6) is -1.28. The van der Waals surface area contributed by atoms with Crippen LogP contribution in [0.5, 0.6) is 0 Å². The van der Waals surface area contributed by atoms with Crippen LogP contribution in [0.25, 0.3) is 0 Å². The Labute approximate surface area is 124 Å². The number of nitrogens with one attached hydrogen (secondary N) is 2. The maximum atomic E-state index is 12.1. The molecule has 2 N–H and O–H groups in total. The number of amides is 3. The number of carbonyl (C=O) groups excluding carboxylic acids is 3. The van der Waals surface area contributed by atoms with Gasteiger partial charge in [-0.15, -0.1) is 0 Å². The highest BCUT2D eigenvalue weighted by atomic mass is 35.5. The van der Waals surface area contributed by atoms with Gasteiger partial charge in [-0.1, -0.05) is 23.7 Å². The number of fused-ring (bicyclic) bond motifs is 1. The van der Waals surface area contributed by atoms with E-state index in [-0.39, 0.29) is 11.5 Å². The first kappa shape index (κ1) is 13.3. The molecular formula is C15H9ClN2O3. The fourth-order valence-corrected chi connectivity index (χ4v) is 2.31. The molecule has 5 nitrogen and oxygen atoms in total. The average Bonchev–Trinajstić information content (AvgIpc) is 2.74. The highest BCUT2D eigenvalue weighted by molar-refractivity contribution is 6.34. The summed E-state index contributed by atoms with van der Waals surface area (Å²) in [6.45, 7) is 0. The van der Waals surface area contributed by atoms with E-state index in [1.54, 1.807) is 30.3 Å². The molecule has 1 aliphatic rings. The summed E-state index contributed by atoms with van der Waals surface area (Å²) in [6.07, 6.45) is 0. The van der Waals surface area contributed by atoms with Crippen molar-refractivity contribution >= 4 is 35.0 Å². The van der Waals surface area contributed by atoms with E-state index in [2.05, 4.69) is 10.6 Å². The minimum absolute atomic E-state index is 0.247. The highest BCUT2D eigenvalue weighted by Crippen LogP contribution is 2.22. The van der Waals surface area contributed by atoms with Crippen LogP contribution in [0.4, 0.5) is 5.69 Å². The quantitative estimate of drug-likeness (QED) is 0.837. The lowest BCUT2D eigenvalue weighted by Gasteiger charge is -2.07. The van der Waals surface area contributed by atoms with Crippen molar-refractivity contribution in [3.8, 4) is 0 Å². The van der Waals surface area contributed by atoms with E-state index in [1.807, 2.05) is 0 Å². The summed E-state index contributed by atoms with van der Waals surface area (Å²) in [7, 11) is 0. The molecule has 3 amide bonds. The molecule has 3 rings (SSSR count). The summed E-state index contributed by atoms with van der Waals surface area (Å²) < 4.78 is 0. The molecule has 0 saturated carbocycles. The lowest BCUT2D eigenvalue weighted by Crippen LogP contribution is -2.19. The number of hydrogen-bond donors (Lipinski definition) is 2. The first-order chi connectivity index (χ1) is 10.1. The highest BCUT2D eigenvalue weighted by Gasteiger charge is 2.26. The number of benzene rings is 2. The lowest BCUT2D eigenvalue weighted by atomic mass is 10.1. The predicted molar refractivity (Wildman–Crippen MR) is 77.6 cm³/mol. The van der Waals surface area contributed by atoms with Crippen molar-refractivity contribution in [1.29, 1.82) is 0 Å². The van der Waals surface area contributed by atoms with Gasteiger partial charge in [0, 0.05) is 5.69 Å². The van der Waals surface area contributed by atoms with Gasteiger partial charge >= 0.3 is 0 Å². The molecule has 0 saturated heterocycles. The van der Waals surface area contributed by atoms with Crippen LogP contribution < -0.4 is 10.6 Å². The summed E-state index contributed by atoms with van der Waals surface area (Å²) in [5, 5.41) is 5.18. The largest absolute Gasteiger partial charge is 0.322 e. The Morgan fingerprint density at radius 3 is 2.48 bits per heavy atom. The minimum Gasteiger partial charge on any atom is -0.322 e. The van der Waals surface area contributed by atoms with E-state index in [4.69, 9.17) is 11.6 Å². The normalized spacial score (nSPS) is 12.8. The molecule has 1 aliphatic heterocycles. The first-order valence-corrected chi connectivity index (χ1v) is 6.49. The molecule has 21 heavy (non-hydrogen) atoms. The van der Waals surface area contributed by atoms with Crippen LogP contribution in [-0.4, -0.2) is 17.7 Å². The molecule has 1 heterocycles. The van der Waals surface area contributed by atoms with Crippen LogP contribution in [-0.2, 0) is 0 Å². The fourth-order valence-electron chi connectivity index (χ4n) is 2.09. The van der Waals surface area contributed by atoms with Gasteiger partial charge in [0.15, 0.2) is 0 Å². The zero-order valence-electron chi connectivity index (χ0n) is 10.6. The standard InChI is InChI=1S/C15H9ClN2O3/c16-12-4-2-1-3-10(12)14(20)17-8-5-6-9-11(7-8)15(21)18-13(9)19/h1-7H,(H,17,20)(H,18,19,21). The molecule has 2 aromatic carbocycles. The Hall–Kier alpha value is -2.66. The van der Waals surface area contributed by atoms with Crippen LogP contribution in [0.1, 0.15) is 31.1 Å². The average molecular weight is 301 g/mol. The Bertz CT molecular complexity index is 786. The molecule has 0 aromatic heterocycles. The topological polar surface area (TPSA) is 75.3 Å². The lowest BCUT2D eigenvalue weighted by molar-refractivity contribution is 0.0878. The van der Waals surface area contributed by atoms with Crippen LogP contribution in [0.3, 0.4) is 0 Å². The SMILES string of the molecule is O=C(Nc1ccc2c(c1)C(=O)NC2=O)c1ccccc1Cl. The number of carbonyl (C=O) groups is 3. The molecule has 104 valence electrons. The van der Waals surface area contributed by atoms with Gasteiger partial charge in [-0.05, 0) is 30.3 Å². The molecule has 0 unspecified atom stereocenters. The Balaban J connectivity index is 1.88. The van der Waals surface area contributed by atoms with Gasteiger partial charge in [0.2, 0.25) is 0 Å². The maximum absolute atomic E-state index is 12.1. The molecule has 0 bridgehead atoms. The molecule has 0 atom stereocenters. The zero-order valence-corrected chi connectivity index (χ0v) is 11.4. The number of halogens is 1. The monoisotopic (exact) mass is 300 g/mol. The summed E-state index contributed by atoms with van der Waals surface area (Å²) in [4.78, 5) is 35.1. The van der Waals surface area contributed by atoms with E-state index in [9.17, 15) is 14.4 Å². The number of anilines is 1. The second-order valence-electron chi connectivity index (χ2n) is 4.48. The maximum Gasteiger partial charge on any atom is 0.259 e. The molecule has 6 heteroatoms. The summed E-state index contributed by atoms with van der Waals surface area (Å²) in [5.41, 5.74) is 1.30. The number of rotatable bonds is 2. The second-order valence-corrected chi connectivity index (χ2v) is 4.88. The molecular weight excluding hydrogens is 292 g/mol. The van der Waals surface area contributed by atoms with Crippen molar-refractivity contribution < 1.29 is 14.4 Å². The van der Waals surface area contributed by atoms with E-state index in [1.165, 1.54) is 12.1 Å². The third kappa shape index (κ3) is 2.39. The zero-order chi connectivity index (χ0) is 15.0. The number of hydrogen-bond acceptors (Lipinski definition) is 3. The third-order valence-corrected chi connectivity index (χ3v) is 3.44.